The van der Waals surface area contributed by atoms with Crippen molar-refractivity contribution in [2.24, 2.45) is 0 Å². The molecule has 2 unspecified atom stereocenters. The van der Waals surface area contributed by atoms with E-state index in [1.165, 1.54) is 64.2 Å². The molecule has 0 bridgehead atoms. The fourth-order valence-electron chi connectivity index (χ4n) is 3.77. The van der Waals surface area contributed by atoms with E-state index in [1.807, 2.05) is 0 Å². The maximum atomic E-state index is 11.6. The van der Waals surface area contributed by atoms with E-state index in [2.05, 4.69) is 27.7 Å². The van der Waals surface area contributed by atoms with Gasteiger partial charge in [0.15, 0.2) is 0 Å². The number of rotatable bonds is 26. The van der Waals surface area contributed by atoms with Crippen LogP contribution in [0.4, 0.5) is 0 Å². The van der Waals surface area contributed by atoms with E-state index in [4.69, 9.17) is 9.05 Å². The van der Waals surface area contributed by atoms with Crippen LogP contribution in [0.25, 0.3) is 0 Å². The summed E-state index contributed by atoms with van der Waals surface area (Å²) in [6.45, 7) is 9.39. The quantitative estimate of drug-likeness (QED) is 0.0720. The van der Waals surface area contributed by atoms with Crippen molar-refractivity contribution in [3.8, 4) is 0 Å². The zero-order chi connectivity index (χ0) is 27.4. The van der Waals surface area contributed by atoms with Gasteiger partial charge in [-0.25, -0.2) is 0 Å². The molecular formula is C28H60CrO6P2. The molecule has 9 heteroatoms. The zero-order valence-electron chi connectivity index (χ0n) is 24.7. The van der Waals surface area contributed by atoms with Gasteiger partial charge in [0.2, 0.25) is 0 Å². The molecule has 224 valence electrons. The molecule has 0 saturated heterocycles. The molecule has 0 aromatic heterocycles. The van der Waals surface area contributed by atoms with Crippen LogP contribution in [0.2, 0.25) is 0 Å². The number of unbranched alkanes of at least 4 members (excludes halogenated alkanes) is 16. The van der Waals surface area contributed by atoms with Gasteiger partial charge in [0.05, 0.1) is 13.2 Å². The third-order valence-electron chi connectivity index (χ3n) is 6.14. The number of hydrogen-bond donors (Lipinski definition) is 0. The second-order valence-corrected chi connectivity index (χ2v) is 13.8. The largest absolute Gasteiger partial charge is 2.00 e. The molecule has 6 nitrogen and oxygen atoms in total. The molecule has 2 atom stereocenters. The third-order valence-corrected chi connectivity index (χ3v) is 9.02. The van der Waals surface area contributed by atoms with E-state index in [0.29, 0.717) is 13.2 Å². The van der Waals surface area contributed by atoms with Crippen molar-refractivity contribution in [3.05, 3.63) is 0 Å². The predicted molar refractivity (Wildman–Crippen MR) is 152 cm³/mol. The van der Waals surface area contributed by atoms with E-state index >= 15 is 0 Å². The molecule has 0 spiro atoms. The topological polar surface area (TPSA) is 98.7 Å². The maximum absolute atomic E-state index is 11.6. The first-order valence-electron chi connectivity index (χ1n) is 15.1. The van der Waals surface area contributed by atoms with E-state index in [-0.39, 0.29) is 29.7 Å². The molecular weight excluding hydrogens is 546 g/mol. The molecule has 0 saturated carbocycles. The number of hydrogen-bond acceptors (Lipinski definition) is 6. The van der Waals surface area contributed by atoms with Crippen LogP contribution < -0.4 is 9.79 Å². The molecule has 0 amide bonds. The Morgan fingerprint density at radius 1 is 0.432 bits per heavy atom. The average Bonchev–Trinajstić information content (AvgIpc) is 2.83. The Kier molecular flexibility index (Phi) is 35.9. The Hall–Kier alpha value is 0.832. The monoisotopic (exact) mass is 606 g/mol. The van der Waals surface area contributed by atoms with Gasteiger partial charge in [-0.1, -0.05) is 130 Å². The Morgan fingerprint density at radius 2 is 0.676 bits per heavy atom. The summed E-state index contributed by atoms with van der Waals surface area (Å²) in [6.07, 6.45) is 22.1. The third kappa shape index (κ3) is 36.8. The van der Waals surface area contributed by atoms with Crippen LogP contribution in [-0.4, -0.2) is 25.5 Å². The van der Waals surface area contributed by atoms with Crippen LogP contribution in [-0.2, 0) is 35.5 Å². The first-order valence-corrected chi connectivity index (χ1v) is 18.6. The van der Waals surface area contributed by atoms with Crippen molar-refractivity contribution < 1.29 is 45.3 Å². The first kappa shape index (κ1) is 42.3. The van der Waals surface area contributed by atoms with Crippen LogP contribution in [0.15, 0.2) is 0 Å². The average molecular weight is 607 g/mol. The molecule has 0 aliphatic rings. The molecule has 0 aliphatic heterocycles. The van der Waals surface area contributed by atoms with Crippen molar-refractivity contribution in [1.82, 2.24) is 0 Å². The van der Waals surface area contributed by atoms with Gasteiger partial charge in [-0.2, -0.15) is 0 Å². The van der Waals surface area contributed by atoms with Gasteiger partial charge in [0.1, 0.15) is 15.2 Å². The van der Waals surface area contributed by atoms with Crippen LogP contribution in [0.1, 0.15) is 156 Å². The summed E-state index contributed by atoms with van der Waals surface area (Å²) in [5.74, 6) is 0. The van der Waals surface area contributed by atoms with Crippen LogP contribution in [0.5, 0.6) is 0 Å². The van der Waals surface area contributed by atoms with Gasteiger partial charge in [-0.3, -0.25) is 0 Å². The van der Waals surface area contributed by atoms with Gasteiger partial charge in [0, 0.05) is 12.3 Å². The molecule has 37 heavy (non-hydrogen) atoms. The summed E-state index contributed by atoms with van der Waals surface area (Å²) in [4.78, 5) is 23.1. The zero-order valence-corrected chi connectivity index (χ0v) is 27.8. The molecule has 0 N–H and O–H groups in total. The second-order valence-electron chi connectivity index (χ2n) is 9.99. The summed E-state index contributed by atoms with van der Waals surface area (Å²) >= 11 is 0. The standard InChI is InChI=1S/2C14H31O3P.Cr/c2*1-3-5-7-9-11-13-17-18(15,16)14-12-10-8-6-4-2;/h2*3-14H2,1-2H3,(H,15,16);/q;;+2/p-2. The maximum Gasteiger partial charge on any atom is 2.00 e. The van der Waals surface area contributed by atoms with Crippen LogP contribution in [0, 0.1) is 0 Å². The van der Waals surface area contributed by atoms with E-state index in [1.54, 1.807) is 0 Å². The van der Waals surface area contributed by atoms with Gasteiger partial charge in [-0.15, -0.1) is 0 Å². The molecule has 0 heterocycles. The molecule has 0 radical (unpaired) electrons. The van der Waals surface area contributed by atoms with E-state index in [0.717, 1.165) is 64.2 Å². The Bertz CT molecular complexity index is 491. The van der Waals surface area contributed by atoms with E-state index < -0.39 is 15.2 Å². The minimum atomic E-state index is -3.55. The fraction of sp³-hybridized carbons (Fsp3) is 1.00. The Labute approximate surface area is 241 Å². The molecule has 0 aromatic carbocycles. The molecule has 0 aromatic rings. The minimum Gasteiger partial charge on any atom is -0.778 e. The summed E-state index contributed by atoms with van der Waals surface area (Å²) in [6, 6.07) is 0. The van der Waals surface area contributed by atoms with Crippen LogP contribution >= 0.6 is 15.2 Å². The second kappa shape index (κ2) is 31.4. The van der Waals surface area contributed by atoms with Gasteiger partial charge < -0.3 is 28.0 Å². The fourth-order valence-corrected chi connectivity index (χ4v) is 6.06. The van der Waals surface area contributed by atoms with Crippen molar-refractivity contribution in [2.45, 2.75) is 156 Å². The van der Waals surface area contributed by atoms with Crippen molar-refractivity contribution >= 4 is 15.2 Å². The summed E-state index contributed by atoms with van der Waals surface area (Å²) in [5, 5.41) is 0. The summed E-state index contributed by atoms with van der Waals surface area (Å²) in [7, 11) is -7.09. The normalized spacial score (nSPS) is 14.2. The smallest absolute Gasteiger partial charge is 0.778 e. The van der Waals surface area contributed by atoms with Gasteiger partial charge in [-0.05, 0) is 25.7 Å². The van der Waals surface area contributed by atoms with E-state index in [9.17, 15) is 18.9 Å². The van der Waals surface area contributed by atoms with Gasteiger partial charge >= 0.3 is 17.4 Å². The Morgan fingerprint density at radius 3 is 0.946 bits per heavy atom. The van der Waals surface area contributed by atoms with Crippen LogP contribution in [0.3, 0.4) is 0 Å². The van der Waals surface area contributed by atoms with Crippen molar-refractivity contribution in [3.63, 3.8) is 0 Å². The SMILES string of the molecule is CCCCCCCOP(=O)([O-])CCCCCCC.CCCCCCCOP(=O)([O-])CCCCCCC.[Cr+2]. The molecule has 0 rings (SSSR count). The first-order chi connectivity index (χ1) is 17.2. The summed E-state index contributed by atoms with van der Waals surface area (Å²) in [5.41, 5.74) is 0. The predicted octanol–water partition coefficient (Wildman–Crippen LogP) is 8.99. The Balaban J connectivity index is -0.000000608. The van der Waals surface area contributed by atoms with Crippen molar-refractivity contribution in [1.29, 1.82) is 0 Å². The van der Waals surface area contributed by atoms with Crippen molar-refractivity contribution in [2.75, 3.05) is 25.5 Å². The minimum absolute atomic E-state index is 0. The molecule has 0 aliphatic carbocycles. The molecule has 0 fully saturated rings. The van der Waals surface area contributed by atoms with Gasteiger partial charge in [0.25, 0.3) is 0 Å². The summed E-state index contributed by atoms with van der Waals surface area (Å²) < 4.78 is 33.1.